The lowest BCUT2D eigenvalue weighted by atomic mass is 10.1. The fraction of sp³-hybridized carbons (Fsp3) is 0.167. The minimum atomic E-state index is -0.473. The quantitative estimate of drug-likeness (QED) is 0.437. The van der Waals surface area contributed by atoms with E-state index in [4.69, 9.17) is 4.42 Å². The van der Waals surface area contributed by atoms with Crippen LogP contribution in [0.1, 0.15) is 23.9 Å². The van der Waals surface area contributed by atoms with Crippen LogP contribution in [0.5, 0.6) is 0 Å². The third-order valence-electron chi connectivity index (χ3n) is 5.02. The van der Waals surface area contributed by atoms with Gasteiger partial charge in [-0.15, -0.1) is 5.10 Å². The molecule has 0 unspecified atom stereocenters. The van der Waals surface area contributed by atoms with Gasteiger partial charge in [0.15, 0.2) is 0 Å². The molecular weight excluding hydrogens is 425 g/mol. The van der Waals surface area contributed by atoms with Crippen molar-refractivity contribution in [1.82, 2.24) is 19.6 Å². The van der Waals surface area contributed by atoms with Crippen molar-refractivity contribution in [2.45, 2.75) is 19.9 Å². The van der Waals surface area contributed by atoms with Crippen molar-refractivity contribution in [3.8, 4) is 11.3 Å². The summed E-state index contributed by atoms with van der Waals surface area (Å²) in [5.41, 5.74) is 3.83. The molecule has 0 bridgehead atoms. The maximum atomic E-state index is 13.2. The van der Waals surface area contributed by atoms with Crippen molar-refractivity contribution in [2.75, 3.05) is 5.32 Å². The van der Waals surface area contributed by atoms with Crippen molar-refractivity contribution in [2.24, 2.45) is 7.05 Å². The molecule has 0 radical (unpaired) electrons. The number of benzene rings is 2. The van der Waals surface area contributed by atoms with Crippen molar-refractivity contribution in [3.05, 3.63) is 94.2 Å². The van der Waals surface area contributed by atoms with Gasteiger partial charge in [-0.3, -0.25) is 9.48 Å². The second kappa shape index (κ2) is 9.47. The monoisotopic (exact) mass is 447 g/mol. The van der Waals surface area contributed by atoms with Crippen LogP contribution in [0.15, 0.2) is 70.0 Å². The Morgan fingerprint density at radius 1 is 1.15 bits per heavy atom. The summed E-state index contributed by atoms with van der Waals surface area (Å²) < 4.78 is 21.3. The highest BCUT2D eigenvalue weighted by molar-refractivity contribution is 6.02. The van der Waals surface area contributed by atoms with E-state index in [0.717, 1.165) is 22.4 Å². The van der Waals surface area contributed by atoms with Gasteiger partial charge in [-0.05, 0) is 55.0 Å². The summed E-state index contributed by atoms with van der Waals surface area (Å²) in [6.07, 6.45) is 5.12. The number of rotatable bonds is 7. The van der Waals surface area contributed by atoms with E-state index in [2.05, 4.69) is 15.5 Å². The van der Waals surface area contributed by atoms with E-state index in [1.807, 2.05) is 19.1 Å². The number of anilines is 1. The molecule has 1 N–H and O–H groups in total. The molecule has 0 aliphatic heterocycles. The molecule has 0 aliphatic carbocycles. The maximum absolute atomic E-state index is 13.2. The fourth-order valence-corrected chi connectivity index (χ4v) is 3.39. The molecule has 2 aromatic carbocycles. The molecule has 2 heterocycles. The van der Waals surface area contributed by atoms with Gasteiger partial charge in [-0.2, -0.15) is 9.78 Å². The average molecular weight is 447 g/mol. The number of aromatic nitrogens is 4. The van der Waals surface area contributed by atoms with Gasteiger partial charge >= 0.3 is 5.76 Å². The van der Waals surface area contributed by atoms with Gasteiger partial charge in [0.1, 0.15) is 5.82 Å². The molecule has 2 aromatic heterocycles. The third-order valence-corrected chi connectivity index (χ3v) is 5.02. The first-order chi connectivity index (χ1) is 15.9. The van der Waals surface area contributed by atoms with Crippen LogP contribution in [0.4, 0.5) is 10.1 Å². The van der Waals surface area contributed by atoms with Gasteiger partial charge in [0.05, 0.1) is 18.3 Å². The van der Waals surface area contributed by atoms with Crippen molar-refractivity contribution >= 4 is 17.7 Å². The molecule has 0 spiro atoms. The van der Waals surface area contributed by atoms with E-state index >= 15 is 0 Å². The van der Waals surface area contributed by atoms with Crippen LogP contribution < -0.4 is 11.1 Å². The van der Waals surface area contributed by atoms with Crippen LogP contribution in [0.2, 0.25) is 0 Å². The van der Waals surface area contributed by atoms with E-state index < -0.39 is 5.76 Å². The Morgan fingerprint density at radius 3 is 2.55 bits per heavy atom. The number of carbonyl (C=O) groups is 1. The van der Waals surface area contributed by atoms with E-state index in [1.54, 1.807) is 48.3 Å². The van der Waals surface area contributed by atoms with Crippen LogP contribution >= 0.6 is 0 Å². The number of halogens is 1. The van der Waals surface area contributed by atoms with E-state index in [-0.39, 0.29) is 11.7 Å². The van der Waals surface area contributed by atoms with Gasteiger partial charge in [-0.25, -0.2) is 9.18 Å². The maximum Gasteiger partial charge on any atom is 0.437 e. The molecule has 9 heteroatoms. The summed E-state index contributed by atoms with van der Waals surface area (Å²) in [5, 5.41) is 11.2. The lowest BCUT2D eigenvalue weighted by Crippen LogP contribution is -2.13. The summed E-state index contributed by atoms with van der Waals surface area (Å²) in [6.45, 7) is 2.27. The predicted molar refractivity (Wildman–Crippen MR) is 122 cm³/mol. The number of nitrogens with one attached hydrogen (secondary N) is 1. The zero-order chi connectivity index (χ0) is 23.4. The van der Waals surface area contributed by atoms with E-state index in [0.29, 0.717) is 24.5 Å². The molecule has 33 heavy (non-hydrogen) atoms. The van der Waals surface area contributed by atoms with Crippen molar-refractivity contribution in [3.63, 3.8) is 0 Å². The standard InChI is InChI=1S/C24H22FN5O3/c1-3-30-24(32)33-22(28-30)14-16-4-11-20(12-5-16)27-21(31)13-8-18-15-26-29(2)23(18)17-6-9-19(25)10-7-17/h4-13,15H,3,14H2,1-2H3,(H,27,31)/b13-8+. The topological polar surface area (TPSA) is 95.0 Å². The molecule has 4 aromatic rings. The van der Waals surface area contributed by atoms with Crippen LogP contribution in [0, 0.1) is 5.82 Å². The Hall–Kier alpha value is -4.27. The van der Waals surface area contributed by atoms with E-state index in [1.165, 1.54) is 22.9 Å². The average Bonchev–Trinajstić information content (AvgIpc) is 3.35. The SMILES string of the molecule is CCn1nc(Cc2ccc(NC(=O)/C=C/c3cnn(C)c3-c3ccc(F)cc3)cc2)oc1=O. The number of aryl methyl sites for hydroxylation is 2. The van der Waals surface area contributed by atoms with Crippen LogP contribution in [-0.4, -0.2) is 25.5 Å². The fourth-order valence-electron chi connectivity index (χ4n) is 3.39. The molecule has 4 rings (SSSR count). The first-order valence-corrected chi connectivity index (χ1v) is 10.4. The van der Waals surface area contributed by atoms with Crippen LogP contribution in [0.3, 0.4) is 0 Å². The first-order valence-electron chi connectivity index (χ1n) is 10.4. The molecule has 0 atom stereocenters. The second-order valence-electron chi connectivity index (χ2n) is 7.35. The van der Waals surface area contributed by atoms with Gasteiger partial charge < -0.3 is 9.73 Å². The molecule has 0 saturated heterocycles. The minimum absolute atomic E-state index is 0.302. The predicted octanol–water partition coefficient (Wildman–Crippen LogP) is 3.64. The molecule has 0 fully saturated rings. The Labute approximate surface area is 189 Å². The van der Waals surface area contributed by atoms with Crippen molar-refractivity contribution < 1.29 is 13.6 Å². The number of amides is 1. The Balaban J connectivity index is 1.41. The van der Waals surface area contributed by atoms with Gasteiger partial charge in [0.2, 0.25) is 11.8 Å². The molecule has 0 saturated carbocycles. The van der Waals surface area contributed by atoms with Gasteiger partial charge in [-0.1, -0.05) is 12.1 Å². The van der Waals surface area contributed by atoms with Gasteiger partial charge in [0.25, 0.3) is 0 Å². The van der Waals surface area contributed by atoms with Gasteiger partial charge in [0, 0.05) is 36.5 Å². The van der Waals surface area contributed by atoms with Crippen LogP contribution in [0.25, 0.3) is 17.3 Å². The number of carbonyl (C=O) groups excluding carboxylic acids is 1. The highest BCUT2D eigenvalue weighted by atomic mass is 19.1. The Bertz CT molecular complexity index is 1350. The first kappa shape index (κ1) is 21.9. The lowest BCUT2D eigenvalue weighted by molar-refractivity contribution is -0.111. The normalized spacial score (nSPS) is 11.2. The molecular formula is C24H22FN5O3. The summed E-state index contributed by atoms with van der Waals surface area (Å²) >= 11 is 0. The number of nitrogens with zero attached hydrogens (tertiary/aromatic N) is 4. The van der Waals surface area contributed by atoms with E-state index in [9.17, 15) is 14.0 Å². The summed E-state index contributed by atoms with van der Waals surface area (Å²) in [7, 11) is 1.79. The zero-order valence-corrected chi connectivity index (χ0v) is 18.2. The number of hydrogen-bond donors (Lipinski definition) is 1. The largest absolute Gasteiger partial charge is 0.437 e. The third kappa shape index (κ3) is 5.15. The Morgan fingerprint density at radius 2 is 1.88 bits per heavy atom. The van der Waals surface area contributed by atoms with Crippen LogP contribution in [-0.2, 0) is 24.8 Å². The van der Waals surface area contributed by atoms with Crippen molar-refractivity contribution in [1.29, 1.82) is 0 Å². The summed E-state index contributed by atoms with van der Waals surface area (Å²) in [4.78, 5) is 24.0. The molecule has 1 amide bonds. The molecule has 168 valence electrons. The highest BCUT2D eigenvalue weighted by Gasteiger charge is 2.10. The number of hydrogen-bond acceptors (Lipinski definition) is 5. The zero-order valence-electron chi connectivity index (χ0n) is 18.2. The smallest absolute Gasteiger partial charge is 0.392 e. The summed E-state index contributed by atoms with van der Waals surface area (Å²) in [6, 6.07) is 13.3. The lowest BCUT2D eigenvalue weighted by Gasteiger charge is -2.05. The minimum Gasteiger partial charge on any atom is -0.392 e. The molecule has 0 aliphatic rings. The second-order valence-corrected chi connectivity index (χ2v) is 7.35. The molecule has 8 nitrogen and oxygen atoms in total. The Kier molecular flexibility index (Phi) is 6.30. The highest BCUT2D eigenvalue weighted by Crippen LogP contribution is 2.24. The summed E-state index contributed by atoms with van der Waals surface area (Å²) in [5.74, 6) is -0.748.